The molecule has 0 spiro atoms. The second-order valence-corrected chi connectivity index (χ2v) is 7.01. The lowest BCUT2D eigenvalue weighted by Gasteiger charge is -2.21. The summed E-state index contributed by atoms with van der Waals surface area (Å²) in [6.45, 7) is 6.05. The van der Waals surface area contributed by atoms with Crippen molar-refractivity contribution >= 4 is 12.0 Å². The molecule has 4 rings (SSSR count). The molecule has 0 bridgehead atoms. The van der Waals surface area contributed by atoms with E-state index in [-0.39, 0.29) is 6.04 Å². The minimum absolute atomic E-state index is 0.199. The highest BCUT2D eigenvalue weighted by Crippen LogP contribution is 2.37. The van der Waals surface area contributed by atoms with Gasteiger partial charge in [-0.15, -0.1) is 0 Å². The average molecular weight is 357 g/mol. The minimum Gasteiger partial charge on any atom is -0.368 e. The number of nitrogen functional groups attached to an aromatic ring is 1. The van der Waals surface area contributed by atoms with E-state index in [2.05, 4.69) is 64.0 Å². The monoisotopic (exact) mass is 357 g/mol. The van der Waals surface area contributed by atoms with Crippen molar-refractivity contribution in [2.75, 3.05) is 12.3 Å². The maximum atomic E-state index is 6.01. The minimum atomic E-state index is 0.199. The van der Waals surface area contributed by atoms with Crippen molar-refractivity contribution in [1.29, 1.82) is 0 Å². The highest BCUT2D eigenvalue weighted by atomic mass is 15.2. The standard InChI is InChI=1S/C22H23N5/c1-15(12-17-6-4-3-5-7-17)13-27-14-19-20(16(27)2)25-22(23)26-21(19)18-8-10-24-11-9-18/h3-12,16H,13-14H2,1-2H3,(H2,23,25,26)/b15-12+. The lowest BCUT2D eigenvalue weighted by Crippen LogP contribution is -2.22. The normalized spacial score (nSPS) is 17.1. The zero-order valence-electron chi connectivity index (χ0n) is 15.6. The molecule has 1 aliphatic rings. The van der Waals surface area contributed by atoms with Gasteiger partial charge in [0.2, 0.25) is 5.95 Å². The molecular weight excluding hydrogens is 334 g/mol. The zero-order chi connectivity index (χ0) is 18.8. The number of nitrogens with zero attached hydrogens (tertiary/aromatic N) is 4. The van der Waals surface area contributed by atoms with Crippen molar-refractivity contribution in [3.8, 4) is 11.3 Å². The molecule has 2 N–H and O–H groups in total. The summed E-state index contributed by atoms with van der Waals surface area (Å²) in [6.07, 6.45) is 5.80. The molecular formula is C22H23N5. The van der Waals surface area contributed by atoms with Gasteiger partial charge in [0.05, 0.1) is 17.4 Å². The van der Waals surface area contributed by atoms with Gasteiger partial charge in [0.1, 0.15) is 0 Å². The van der Waals surface area contributed by atoms with E-state index in [1.54, 1.807) is 12.4 Å². The summed E-state index contributed by atoms with van der Waals surface area (Å²) in [5.74, 6) is 0.325. The first-order valence-corrected chi connectivity index (χ1v) is 9.15. The summed E-state index contributed by atoms with van der Waals surface area (Å²) in [4.78, 5) is 15.6. The molecule has 3 aromatic rings. The van der Waals surface area contributed by atoms with Gasteiger partial charge in [0.15, 0.2) is 0 Å². The summed E-state index contributed by atoms with van der Waals surface area (Å²) in [6, 6.07) is 14.5. The topological polar surface area (TPSA) is 67.9 Å². The Morgan fingerprint density at radius 2 is 1.89 bits per heavy atom. The molecule has 136 valence electrons. The molecule has 1 atom stereocenters. The van der Waals surface area contributed by atoms with Gasteiger partial charge in [0, 0.05) is 36.6 Å². The van der Waals surface area contributed by atoms with Crippen LogP contribution in [0.5, 0.6) is 0 Å². The van der Waals surface area contributed by atoms with E-state index in [1.165, 1.54) is 11.1 Å². The van der Waals surface area contributed by atoms with Crippen molar-refractivity contribution in [2.24, 2.45) is 0 Å². The van der Waals surface area contributed by atoms with E-state index in [0.29, 0.717) is 5.95 Å². The molecule has 5 heteroatoms. The summed E-state index contributed by atoms with van der Waals surface area (Å²) >= 11 is 0. The van der Waals surface area contributed by atoms with Crippen molar-refractivity contribution in [3.05, 3.63) is 77.3 Å². The Labute approximate surface area is 159 Å². The van der Waals surface area contributed by atoms with E-state index >= 15 is 0 Å². The fourth-order valence-corrected chi connectivity index (χ4v) is 3.67. The quantitative estimate of drug-likeness (QED) is 0.761. The molecule has 1 unspecified atom stereocenters. The van der Waals surface area contributed by atoms with Crippen molar-refractivity contribution < 1.29 is 0 Å². The zero-order valence-corrected chi connectivity index (χ0v) is 15.6. The van der Waals surface area contributed by atoms with Gasteiger partial charge in [-0.25, -0.2) is 9.97 Å². The fourth-order valence-electron chi connectivity index (χ4n) is 3.67. The van der Waals surface area contributed by atoms with Crippen LogP contribution in [0.4, 0.5) is 5.95 Å². The maximum Gasteiger partial charge on any atom is 0.220 e. The summed E-state index contributed by atoms with van der Waals surface area (Å²) < 4.78 is 0. The van der Waals surface area contributed by atoms with Gasteiger partial charge in [-0.05, 0) is 31.5 Å². The number of hydrogen-bond acceptors (Lipinski definition) is 5. The Balaban J connectivity index is 1.62. The molecule has 0 saturated heterocycles. The molecule has 0 radical (unpaired) electrons. The molecule has 1 aromatic carbocycles. The second-order valence-electron chi connectivity index (χ2n) is 7.01. The van der Waals surface area contributed by atoms with Crippen LogP contribution in [-0.2, 0) is 6.54 Å². The third kappa shape index (κ3) is 3.59. The van der Waals surface area contributed by atoms with Gasteiger partial charge >= 0.3 is 0 Å². The van der Waals surface area contributed by atoms with Crippen LogP contribution in [0.15, 0.2) is 60.4 Å². The van der Waals surface area contributed by atoms with E-state index in [9.17, 15) is 0 Å². The molecule has 3 heterocycles. The third-order valence-electron chi connectivity index (χ3n) is 4.98. The Hall–Kier alpha value is -3.05. The number of fused-ring (bicyclic) bond motifs is 1. The highest BCUT2D eigenvalue weighted by molar-refractivity contribution is 5.65. The Bertz CT molecular complexity index is 967. The van der Waals surface area contributed by atoms with Gasteiger partial charge in [0.25, 0.3) is 0 Å². The smallest absolute Gasteiger partial charge is 0.220 e. The SMILES string of the molecule is C/C(=C\c1ccccc1)CN1Cc2c(-c3ccncc3)nc(N)nc2C1C. The Morgan fingerprint density at radius 3 is 2.63 bits per heavy atom. The van der Waals surface area contributed by atoms with Crippen LogP contribution in [0, 0.1) is 0 Å². The number of pyridine rings is 1. The first kappa shape index (κ1) is 17.4. The van der Waals surface area contributed by atoms with Gasteiger partial charge in [-0.2, -0.15) is 0 Å². The maximum absolute atomic E-state index is 6.01. The van der Waals surface area contributed by atoms with Crippen molar-refractivity contribution in [1.82, 2.24) is 19.9 Å². The predicted octanol–water partition coefficient (Wildman–Crippen LogP) is 4.10. The fraction of sp³-hybridized carbons (Fsp3) is 0.227. The summed E-state index contributed by atoms with van der Waals surface area (Å²) in [5, 5.41) is 0. The summed E-state index contributed by atoms with van der Waals surface area (Å²) in [5.41, 5.74) is 12.7. The number of nitrogens with two attached hydrogens (primary N) is 1. The van der Waals surface area contributed by atoms with Crippen LogP contribution < -0.4 is 5.73 Å². The highest BCUT2D eigenvalue weighted by Gasteiger charge is 2.31. The first-order chi connectivity index (χ1) is 13.1. The number of hydrogen-bond donors (Lipinski definition) is 1. The van der Waals surface area contributed by atoms with Crippen LogP contribution in [0.3, 0.4) is 0 Å². The third-order valence-corrected chi connectivity index (χ3v) is 4.98. The molecule has 0 amide bonds. The van der Waals surface area contributed by atoms with E-state index < -0.39 is 0 Å². The predicted molar refractivity (Wildman–Crippen MR) is 109 cm³/mol. The van der Waals surface area contributed by atoms with Crippen molar-refractivity contribution in [2.45, 2.75) is 26.4 Å². The Morgan fingerprint density at radius 1 is 1.15 bits per heavy atom. The molecule has 0 saturated carbocycles. The van der Waals surface area contributed by atoms with Crippen LogP contribution in [0.2, 0.25) is 0 Å². The van der Waals surface area contributed by atoms with Crippen LogP contribution >= 0.6 is 0 Å². The van der Waals surface area contributed by atoms with E-state index in [4.69, 9.17) is 5.73 Å². The molecule has 2 aromatic heterocycles. The lowest BCUT2D eigenvalue weighted by atomic mass is 10.1. The lowest BCUT2D eigenvalue weighted by molar-refractivity contribution is 0.248. The number of rotatable bonds is 4. The number of benzene rings is 1. The van der Waals surface area contributed by atoms with Gasteiger partial charge < -0.3 is 5.73 Å². The molecule has 27 heavy (non-hydrogen) atoms. The van der Waals surface area contributed by atoms with Gasteiger partial charge in [-0.1, -0.05) is 42.0 Å². The van der Waals surface area contributed by atoms with E-state index in [0.717, 1.165) is 35.6 Å². The van der Waals surface area contributed by atoms with Crippen LogP contribution in [0.25, 0.3) is 17.3 Å². The first-order valence-electron chi connectivity index (χ1n) is 9.15. The number of aromatic nitrogens is 3. The Kier molecular flexibility index (Phi) is 4.69. The summed E-state index contributed by atoms with van der Waals surface area (Å²) in [7, 11) is 0. The molecule has 1 aliphatic heterocycles. The molecule has 5 nitrogen and oxygen atoms in total. The largest absolute Gasteiger partial charge is 0.368 e. The van der Waals surface area contributed by atoms with E-state index in [1.807, 2.05) is 18.2 Å². The van der Waals surface area contributed by atoms with Gasteiger partial charge in [-0.3, -0.25) is 9.88 Å². The van der Waals surface area contributed by atoms with Crippen LogP contribution in [0.1, 0.15) is 36.7 Å². The molecule has 0 fully saturated rings. The second kappa shape index (κ2) is 7.29. The molecule has 0 aliphatic carbocycles. The number of anilines is 1. The van der Waals surface area contributed by atoms with Crippen molar-refractivity contribution in [3.63, 3.8) is 0 Å². The van der Waals surface area contributed by atoms with Crippen LogP contribution in [-0.4, -0.2) is 26.4 Å². The average Bonchev–Trinajstić information content (AvgIpc) is 2.98.